The van der Waals surface area contributed by atoms with Crippen molar-refractivity contribution >= 4 is 34.8 Å². The fraction of sp³-hybridized carbons (Fsp3) is 0.222. The van der Waals surface area contributed by atoms with E-state index in [0.717, 1.165) is 5.57 Å². The van der Waals surface area contributed by atoms with Crippen LogP contribution in [0.2, 0.25) is 0 Å². The molecule has 0 saturated heterocycles. The number of thiocarbonyl (C=S) groups is 1. The summed E-state index contributed by atoms with van der Waals surface area (Å²) in [7, 11) is 0. The number of benzene rings is 1. The minimum atomic E-state index is -0.274. The third-order valence-electron chi connectivity index (χ3n) is 3.14. The van der Waals surface area contributed by atoms with Crippen LogP contribution < -0.4 is 10.6 Å². The van der Waals surface area contributed by atoms with Crippen LogP contribution in [0.1, 0.15) is 31.1 Å². The van der Waals surface area contributed by atoms with Crippen LogP contribution in [0.3, 0.4) is 0 Å². The van der Waals surface area contributed by atoms with Crippen molar-refractivity contribution < 1.29 is 4.79 Å². The normalized spacial score (nSPS) is 12.5. The van der Waals surface area contributed by atoms with Crippen LogP contribution in [0.25, 0.3) is 0 Å². The SMILES string of the molecule is C=C/C(Cl)=C(NC(=S)NC(=O)c1ccccc1)\C(=C/C)C(C)C. The van der Waals surface area contributed by atoms with E-state index >= 15 is 0 Å². The molecular weight excluding hydrogens is 328 g/mol. The van der Waals surface area contributed by atoms with Gasteiger partial charge < -0.3 is 5.32 Å². The van der Waals surface area contributed by atoms with Crippen molar-refractivity contribution in [3.63, 3.8) is 0 Å². The lowest BCUT2D eigenvalue weighted by atomic mass is 9.99. The first-order valence-corrected chi connectivity index (χ1v) is 8.05. The molecule has 122 valence electrons. The Labute approximate surface area is 148 Å². The van der Waals surface area contributed by atoms with Crippen LogP contribution in [0, 0.1) is 5.92 Å². The summed E-state index contributed by atoms with van der Waals surface area (Å²) >= 11 is 11.5. The molecule has 3 nitrogen and oxygen atoms in total. The van der Waals surface area contributed by atoms with Gasteiger partial charge in [-0.2, -0.15) is 0 Å². The number of allylic oxidation sites excluding steroid dienone is 4. The van der Waals surface area contributed by atoms with Gasteiger partial charge in [0.05, 0.1) is 10.7 Å². The van der Waals surface area contributed by atoms with E-state index in [4.69, 9.17) is 23.8 Å². The number of amides is 1. The minimum absolute atomic E-state index is 0.189. The van der Waals surface area contributed by atoms with Crippen molar-refractivity contribution in [1.29, 1.82) is 0 Å². The summed E-state index contributed by atoms with van der Waals surface area (Å²) in [6.07, 6.45) is 3.50. The van der Waals surface area contributed by atoms with Crippen LogP contribution >= 0.6 is 23.8 Å². The minimum Gasteiger partial charge on any atom is -0.331 e. The highest BCUT2D eigenvalue weighted by Crippen LogP contribution is 2.23. The van der Waals surface area contributed by atoms with Crippen molar-refractivity contribution in [2.45, 2.75) is 20.8 Å². The van der Waals surface area contributed by atoms with E-state index in [1.165, 1.54) is 6.08 Å². The Kier molecular flexibility index (Phi) is 7.72. The van der Waals surface area contributed by atoms with E-state index in [9.17, 15) is 4.79 Å². The molecule has 0 aliphatic carbocycles. The third-order valence-corrected chi connectivity index (χ3v) is 3.69. The number of rotatable bonds is 5. The van der Waals surface area contributed by atoms with Crippen LogP contribution in [0.4, 0.5) is 0 Å². The Balaban J connectivity index is 2.91. The van der Waals surface area contributed by atoms with Gasteiger partial charge in [-0.25, -0.2) is 0 Å². The quantitative estimate of drug-likeness (QED) is 0.606. The van der Waals surface area contributed by atoms with Crippen LogP contribution in [0.5, 0.6) is 0 Å². The summed E-state index contributed by atoms with van der Waals surface area (Å²) in [5.74, 6) is -0.0347. The van der Waals surface area contributed by atoms with E-state index in [0.29, 0.717) is 16.3 Å². The van der Waals surface area contributed by atoms with Gasteiger partial charge in [-0.05, 0) is 48.8 Å². The lowest BCUT2D eigenvalue weighted by molar-refractivity contribution is 0.0977. The molecule has 0 spiro atoms. The second-order valence-electron chi connectivity index (χ2n) is 5.10. The molecule has 0 aromatic heterocycles. The first kappa shape index (κ1) is 19.1. The molecule has 1 amide bonds. The molecule has 1 aromatic carbocycles. The number of carbonyl (C=O) groups is 1. The molecule has 0 radical (unpaired) electrons. The van der Waals surface area contributed by atoms with Gasteiger partial charge in [0.25, 0.3) is 5.91 Å². The van der Waals surface area contributed by atoms with Crippen molar-refractivity contribution in [3.05, 3.63) is 70.9 Å². The maximum Gasteiger partial charge on any atom is 0.257 e. The summed E-state index contributed by atoms with van der Waals surface area (Å²) < 4.78 is 0. The van der Waals surface area contributed by atoms with E-state index in [-0.39, 0.29) is 16.9 Å². The Bertz CT molecular complexity index is 648. The van der Waals surface area contributed by atoms with Gasteiger partial charge in [0, 0.05) is 5.56 Å². The molecule has 0 atom stereocenters. The van der Waals surface area contributed by atoms with Crippen molar-refractivity contribution in [1.82, 2.24) is 10.6 Å². The average Bonchev–Trinajstić information content (AvgIpc) is 2.54. The Morgan fingerprint density at radius 2 is 1.87 bits per heavy atom. The highest BCUT2D eigenvalue weighted by molar-refractivity contribution is 7.80. The van der Waals surface area contributed by atoms with E-state index in [2.05, 4.69) is 31.1 Å². The fourth-order valence-electron chi connectivity index (χ4n) is 2.05. The highest BCUT2D eigenvalue weighted by Gasteiger charge is 2.15. The van der Waals surface area contributed by atoms with Crippen molar-refractivity contribution in [3.8, 4) is 0 Å². The monoisotopic (exact) mass is 348 g/mol. The van der Waals surface area contributed by atoms with Gasteiger partial charge in [-0.3, -0.25) is 10.1 Å². The molecular formula is C18H21ClN2OS. The van der Waals surface area contributed by atoms with Gasteiger partial charge in [0.15, 0.2) is 5.11 Å². The lowest BCUT2D eigenvalue weighted by Gasteiger charge is -2.19. The third kappa shape index (κ3) is 5.66. The number of hydrogen-bond donors (Lipinski definition) is 2. The first-order valence-electron chi connectivity index (χ1n) is 7.26. The molecule has 23 heavy (non-hydrogen) atoms. The van der Waals surface area contributed by atoms with Gasteiger partial charge >= 0.3 is 0 Å². The second-order valence-corrected chi connectivity index (χ2v) is 5.92. The van der Waals surface area contributed by atoms with Crippen LogP contribution in [-0.2, 0) is 0 Å². The molecule has 0 aliphatic rings. The first-order chi connectivity index (χ1) is 10.9. The Morgan fingerprint density at radius 1 is 1.26 bits per heavy atom. The largest absolute Gasteiger partial charge is 0.331 e. The summed E-state index contributed by atoms with van der Waals surface area (Å²) in [5, 5.41) is 6.30. The molecule has 0 heterocycles. The van der Waals surface area contributed by atoms with Crippen molar-refractivity contribution in [2.24, 2.45) is 5.92 Å². The second kappa shape index (κ2) is 9.28. The molecule has 0 bridgehead atoms. The predicted octanol–water partition coefficient (Wildman–Crippen LogP) is 4.53. The molecule has 5 heteroatoms. The standard InChI is InChI=1S/C18H21ClN2OS/c1-5-14(12(3)4)16(15(19)6-2)20-18(23)21-17(22)13-10-8-7-9-11-13/h5-12H,2H2,1,3-4H3,(H2,20,21,22,23)/b14-5-,16-15-. The average molecular weight is 349 g/mol. The zero-order valence-corrected chi connectivity index (χ0v) is 15.1. The fourth-order valence-corrected chi connectivity index (χ4v) is 2.40. The topological polar surface area (TPSA) is 41.1 Å². The number of nitrogens with one attached hydrogen (secondary N) is 2. The molecule has 0 saturated carbocycles. The van der Waals surface area contributed by atoms with E-state index < -0.39 is 0 Å². The molecule has 2 N–H and O–H groups in total. The molecule has 0 unspecified atom stereocenters. The Morgan fingerprint density at radius 3 is 2.35 bits per heavy atom. The van der Waals surface area contributed by atoms with Gasteiger partial charge in [-0.1, -0.05) is 56.3 Å². The lowest BCUT2D eigenvalue weighted by Crippen LogP contribution is -2.39. The number of halogens is 1. The zero-order valence-electron chi connectivity index (χ0n) is 13.5. The smallest absolute Gasteiger partial charge is 0.257 e. The Hall–Kier alpha value is -1.91. The molecule has 1 rings (SSSR count). The van der Waals surface area contributed by atoms with Crippen molar-refractivity contribution in [2.75, 3.05) is 0 Å². The van der Waals surface area contributed by atoms with E-state index in [1.54, 1.807) is 24.3 Å². The van der Waals surface area contributed by atoms with Crippen LogP contribution in [-0.4, -0.2) is 11.0 Å². The van der Waals surface area contributed by atoms with Crippen LogP contribution in [0.15, 0.2) is 65.4 Å². The zero-order chi connectivity index (χ0) is 17.4. The summed E-state index contributed by atoms with van der Waals surface area (Å²) in [6.45, 7) is 9.72. The summed E-state index contributed by atoms with van der Waals surface area (Å²) in [5.41, 5.74) is 2.18. The number of carbonyl (C=O) groups excluding carboxylic acids is 1. The summed E-state index contributed by atoms with van der Waals surface area (Å²) in [6, 6.07) is 8.87. The molecule has 0 fully saturated rings. The maximum absolute atomic E-state index is 12.1. The number of hydrogen-bond acceptors (Lipinski definition) is 2. The predicted molar refractivity (Wildman–Crippen MR) is 101 cm³/mol. The van der Waals surface area contributed by atoms with Gasteiger partial charge in [-0.15, -0.1) is 0 Å². The maximum atomic E-state index is 12.1. The highest BCUT2D eigenvalue weighted by atomic mass is 35.5. The molecule has 1 aromatic rings. The van der Waals surface area contributed by atoms with E-state index in [1.807, 2.05) is 19.1 Å². The molecule has 0 aliphatic heterocycles. The van der Waals surface area contributed by atoms with Gasteiger partial charge in [0.1, 0.15) is 0 Å². The van der Waals surface area contributed by atoms with Gasteiger partial charge in [0.2, 0.25) is 0 Å². The summed E-state index contributed by atoms with van der Waals surface area (Å²) in [4.78, 5) is 12.1.